The minimum absolute atomic E-state index is 0. The largest absolute Gasteiger partial charge is 0.544 e. The molecule has 14 heteroatoms. The predicted octanol–water partition coefficient (Wildman–Crippen LogP) is 1.64. The Kier molecular flexibility index (Phi) is 22.4. The Labute approximate surface area is 270 Å². The van der Waals surface area contributed by atoms with Gasteiger partial charge in [0.1, 0.15) is 6.10 Å². The minimum Gasteiger partial charge on any atom is -0.544 e. The van der Waals surface area contributed by atoms with Gasteiger partial charge in [0.05, 0.1) is 58.6 Å². The molecule has 183 valence electrons. The number of hydrogen-bond donors (Lipinski definition) is 2. The first-order chi connectivity index (χ1) is 14.9. The molecule has 0 aliphatic carbocycles. The zero-order valence-electron chi connectivity index (χ0n) is 19.2. The summed E-state index contributed by atoms with van der Waals surface area (Å²) in [5, 5.41) is 28.2. The van der Waals surface area contributed by atoms with Gasteiger partial charge in [-0.15, -0.1) is 0 Å². The maximum absolute atomic E-state index is 13.2. The molecule has 2 aliphatic rings. The summed E-state index contributed by atoms with van der Waals surface area (Å²) < 4.78 is 53.2. The van der Waals surface area contributed by atoms with Gasteiger partial charge in [-0.25, -0.2) is 4.57 Å². The second-order valence-electron chi connectivity index (χ2n) is 6.44. The van der Waals surface area contributed by atoms with Crippen molar-refractivity contribution in [3.8, 4) is 6.07 Å². The number of ether oxygens (including phenoxy) is 3. The van der Waals surface area contributed by atoms with E-state index in [0.717, 1.165) is 0 Å². The second-order valence-corrected chi connectivity index (χ2v) is 8.07. The van der Waals surface area contributed by atoms with E-state index in [1.165, 1.54) is 6.61 Å². The molecule has 2 saturated heterocycles. The first-order valence-electron chi connectivity index (χ1n) is 10.2. The molecule has 0 aromatic heterocycles. The average molecular weight is 1100 g/mol. The number of phosphoric acid groups is 1. The van der Waals surface area contributed by atoms with Crippen LogP contribution in [0.3, 0.4) is 0 Å². The van der Waals surface area contributed by atoms with E-state index in [2.05, 4.69) is 0 Å². The van der Waals surface area contributed by atoms with Gasteiger partial charge in [0.2, 0.25) is 0 Å². The molecule has 1 radical (unpaired) electrons. The van der Waals surface area contributed by atoms with E-state index in [0.29, 0.717) is 0 Å². The van der Waals surface area contributed by atoms with Crippen molar-refractivity contribution in [1.82, 2.24) is 0 Å². The summed E-state index contributed by atoms with van der Waals surface area (Å²) in [6, 6.07) is 1.86. The van der Waals surface area contributed by atoms with Gasteiger partial charge in [0.15, 0.2) is 0 Å². The van der Waals surface area contributed by atoms with E-state index in [9.17, 15) is 14.8 Å². The molecule has 0 saturated carbocycles. The van der Waals surface area contributed by atoms with Gasteiger partial charge >= 0.3 is 7.82 Å². The number of rotatable bonds is 13. The Morgan fingerprint density at radius 1 is 1.36 bits per heavy atom. The summed E-state index contributed by atoms with van der Waals surface area (Å²) in [6.45, 7) is 1.51. The van der Waals surface area contributed by atoms with E-state index >= 15 is 0 Å². The fourth-order valence-corrected chi connectivity index (χ4v) is 4.05. The molecule has 2 heterocycles. The summed E-state index contributed by atoms with van der Waals surface area (Å²) in [7, 11) is -4.26. The van der Waals surface area contributed by atoms with Crippen LogP contribution in [-0.2, 0) is 53.4 Å². The van der Waals surface area contributed by atoms with Crippen LogP contribution < -0.4 is 0 Å². The molecular weight excluding hydrogens is 1070 g/mol. The molecule has 10 nitrogen and oxygen atoms in total. The summed E-state index contributed by atoms with van der Waals surface area (Å²) in [6.07, 6.45) is 2.81. The average Bonchev–Trinajstić information content (AvgIpc) is 3.27. The summed E-state index contributed by atoms with van der Waals surface area (Å²) in [4.78, 5) is 0. The number of nitrogens with zero attached hydrogens (tertiary/aromatic N) is 1. The first kappa shape index (κ1) is 35.1. The summed E-state index contributed by atoms with van der Waals surface area (Å²) in [5.41, 5.74) is 0. The maximum atomic E-state index is 13.2. The standard InChI is InChI=1S/C19H29NO9P.Ac.U.W/c1-2-3-4-5-9-24-18-13-26-16(12-21)19(18)29-30(23,27-10-6-8-20)28-14-17-15(22)7-11-25-17;;;/h2-5,13,15-19,21-22H,6-7,9-12,14H2,1H3;;;/q-1;;;/b3-2+,5-4+;;;/t15-,16-,17-,18?,19+,30?;;;/m1.../s1/i11T;;;/t11?,15-,16-,17-,18?,19+,30?;;;. The number of hydrogen-bond acceptors (Lipinski definition) is 10. The Morgan fingerprint density at radius 3 is 2.73 bits per heavy atom. The zero-order valence-corrected chi connectivity index (χ0v) is 31.0. The number of aliphatic hydroxyl groups excluding tert-OH is 2. The van der Waals surface area contributed by atoms with Crippen LogP contribution in [0.5, 0.6) is 0 Å². The first-order valence-corrected chi connectivity index (χ1v) is 11.1. The molecule has 2 rings (SSSR count). The molecule has 0 aromatic carbocycles. The van der Waals surface area contributed by atoms with Crippen molar-refractivity contribution in [1.29, 1.82) is 5.26 Å². The SMILES string of the molecule is [3H]C1C[C@@H](O)[C@@H](COP(=O)(OCCC#N)O[C@@H]2C(OC/C=C/C=C/C)[CH-]O[C@@H]2CO)O1.[Ac].[U].[W]. The number of phosphoric ester groups is 1. The second kappa shape index (κ2) is 21.0. The van der Waals surface area contributed by atoms with Gasteiger partial charge in [0.25, 0.3) is 0 Å². The summed E-state index contributed by atoms with van der Waals surface area (Å²) >= 11 is 0. The van der Waals surface area contributed by atoms with Crippen LogP contribution in [0.1, 0.15) is 21.1 Å². The molecule has 0 bridgehead atoms. The number of aliphatic hydroxyl groups is 2. The molecular formula is C19H29AcNO9PUW-. The predicted molar refractivity (Wildman–Crippen MR) is 105 cm³/mol. The molecule has 33 heavy (non-hydrogen) atoms. The third kappa shape index (κ3) is 13.4. The van der Waals surface area contributed by atoms with Crippen molar-refractivity contribution in [2.75, 3.05) is 33.0 Å². The zero-order chi connectivity index (χ0) is 22.7. The van der Waals surface area contributed by atoms with E-state index in [-0.39, 0.29) is 129 Å². The van der Waals surface area contributed by atoms with E-state index < -0.39 is 51.5 Å². The van der Waals surface area contributed by atoms with Crippen LogP contribution in [0.15, 0.2) is 24.3 Å². The van der Waals surface area contributed by atoms with Crippen LogP contribution in [0.2, 0.25) is 0 Å². The Bertz CT molecular complexity index is 705. The van der Waals surface area contributed by atoms with Crippen LogP contribution in [0.4, 0.5) is 0 Å². The molecule has 0 amide bonds. The smallest absolute Gasteiger partial charge is 0.475 e. The van der Waals surface area contributed by atoms with Crippen molar-refractivity contribution < 1.29 is 140 Å². The molecule has 0 spiro atoms. The molecule has 2 fully saturated rings. The van der Waals surface area contributed by atoms with Gasteiger partial charge < -0.3 is 24.4 Å². The molecule has 3 unspecified atom stereocenters. The van der Waals surface area contributed by atoms with Gasteiger partial charge in [-0.2, -0.15) is 11.9 Å². The Balaban J connectivity index is 0. The van der Waals surface area contributed by atoms with E-state index in [1.54, 1.807) is 12.2 Å². The van der Waals surface area contributed by atoms with Crippen LogP contribution >= 0.6 is 7.82 Å². The summed E-state index contributed by atoms with van der Waals surface area (Å²) in [5.74, 6) is 0. The molecule has 7 atom stereocenters. The third-order valence-electron chi connectivity index (χ3n) is 4.23. The maximum Gasteiger partial charge on any atom is 0.475 e. The monoisotopic (exact) mass is 1100 g/mol. The van der Waals surface area contributed by atoms with Gasteiger partial charge in [-0.05, 0) is 19.4 Å². The number of nitriles is 1. The Morgan fingerprint density at radius 2 is 2.12 bits per heavy atom. The normalized spacial score (nSPS) is 31.3. The van der Waals surface area contributed by atoms with Crippen molar-refractivity contribution in [2.45, 2.75) is 50.3 Å². The quantitative estimate of drug-likeness (QED) is 0.121. The van der Waals surface area contributed by atoms with E-state index in [1.807, 2.05) is 25.1 Å². The molecule has 2 aliphatic heterocycles. The topological polar surface area (TPSA) is 137 Å². The van der Waals surface area contributed by atoms with Crippen molar-refractivity contribution >= 4 is 7.82 Å². The third-order valence-corrected chi connectivity index (χ3v) is 5.70. The van der Waals surface area contributed by atoms with Crippen molar-refractivity contribution in [3.63, 3.8) is 0 Å². The van der Waals surface area contributed by atoms with Crippen molar-refractivity contribution in [3.05, 3.63) is 30.9 Å². The molecule has 2 N–H and O–H groups in total. The number of allylic oxidation sites excluding steroid dienone is 3. The fraction of sp³-hybridized carbons (Fsp3) is 0.684. The molecule has 0 aromatic rings. The fourth-order valence-electron chi connectivity index (χ4n) is 2.65. The van der Waals surface area contributed by atoms with Gasteiger partial charge in [0, 0.05) is 103 Å². The Hall–Kier alpha value is 2.06. The van der Waals surface area contributed by atoms with Crippen LogP contribution in [0.25, 0.3) is 0 Å². The van der Waals surface area contributed by atoms with Crippen LogP contribution in [-0.4, -0.2) is 73.7 Å². The van der Waals surface area contributed by atoms with Crippen LogP contribution in [0, 0.1) is 93.1 Å². The van der Waals surface area contributed by atoms with Gasteiger partial charge in [-0.1, -0.05) is 24.3 Å². The van der Waals surface area contributed by atoms with Gasteiger partial charge in [-0.3, -0.25) is 13.6 Å². The van der Waals surface area contributed by atoms with Crippen molar-refractivity contribution in [2.24, 2.45) is 0 Å². The minimum atomic E-state index is -4.26. The van der Waals surface area contributed by atoms with E-state index in [4.69, 9.17) is 34.4 Å².